The van der Waals surface area contributed by atoms with Gasteiger partial charge in [0.1, 0.15) is 0 Å². The van der Waals surface area contributed by atoms with Crippen LogP contribution in [0.25, 0.3) is 0 Å². The van der Waals surface area contributed by atoms with Crippen molar-refractivity contribution in [2.24, 2.45) is 0 Å². The Morgan fingerprint density at radius 3 is 2.86 bits per heavy atom. The van der Waals surface area contributed by atoms with Gasteiger partial charge < -0.3 is 9.84 Å². The molecule has 1 N–H and O–H groups in total. The molecule has 44 valence electrons. The molecule has 0 saturated heterocycles. The molecule has 0 radical (unpaired) electrons. The van der Waals surface area contributed by atoms with Crippen LogP contribution in [0.1, 0.15) is 0 Å². The lowest BCUT2D eigenvalue weighted by atomic mass is 10.8. The van der Waals surface area contributed by atoms with E-state index in [4.69, 9.17) is 9.84 Å². The average Bonchev–Trinajstić information content (AvgIpc) is 1.69. The first-order valence-electron chi connectivity index (χ1n) is 2.09. The first-order chi connectivity index (χ1) is 3.41. The second-order valence-corrected chi connectivity index (χ2v) is 1.85. The molecule has 0 amide bonds. The zero-order valence-corrected chi connectivity index (χ0v) is 5.20. The standard InChI is InChI=1S/C4H10O2S/c1-7-4-6-3-2-5/h5H,2-4H2,1H3. The van der Waals surface area contributed by atoms with E-state index >= 15 is 0 Å². The Balaban J connectivity index is 2.45. The molecule has 2 nitrogen and oxygen atoms in total. The van der Waals surface area contributed by atoms with Crippen LogP contribution in [0.5, 0.6) is 0 Å². The van der Waals surface area contributed by atoms with Gasteiger partial charge in [0.15, 0.2) is 0 Å². The molecule has 0 unspecified atom stereocenters. The van der Waals surface area contributed by atoms with E-state index in [-0.39, 0.29) is 6.61 Å². The Morgan fingerprint density at radius 1 is 1.71 bits per heavy atom. The van der Waals surface area contributed by atoms with Crippen molar-refractivity contribution in [1.29, 1.82) is 0 Å². The van der Waals surface area contributed by atoms with Gasteiger partial charge in [0.25, 0.3) is 0 Å². The SMILES string of the molecule is CSCOCCO. The van der Waals surface area contributed by atoms with Gasteiger partial charge >= 0.3 is 0 Å². The van der Waals surface area contributed by atoms with Gasteiger partial charge in [-0.05, 0) is 6.26 Å². The Hall–Kier alpha value is 0.270. The molecule has 0 aromatic carbocycles. The van der Waals surface area contributed by atoms with Crippen LogP contribution in [0.3, 0.4) is 0 Å². The summed E-state index contributed by atoms with van der Waals surface area (Å²) in [5.74, 6) is 0.681. The first-order valence-corrected chi connectivity index (χ1v) is 3.48. The molecule has 0 saturated carbocycles. The number of aliphatic hydroxyl groups excluding tert-OH is 1. The van der Waals surface area contributed by atoms with E-state index < -0.39 is 0 Å². The minimum atomic E-state index is 0.126. The molecule has 0 aliphatic heterocycles. The van der Waals surface area contributed by atoms with Crippen LogP contribution in [0.4, 0.5) is 0 Å². The van der Waals surface area contributed by atoms with E-state index in [9.17, 15) is 0 Å². The minimum Gasteiger partial charge on any atom is -0.394 e. The fourth-order valence-corrected chi connectivity index (χ4v) is 0.491. The van der Waals surface area contributed by atoms with Gasteiger partial charge in [-0.2, -0.15) is 0 Å². The lowest BCUT2D eigenvalue weighted by Gasteiger charge is -1.94. The third kappa shape index (κ3) is 6.27. The number of ether oxygens (including phenoxy) is 1. The highest BCUT2D eigenvalue weighted by atomic mass is 32.2. The summed E-state index contributed by atoms with van der Waals surface area (Å²) in [7, 11) is 0. The highest BCUT2D eigenvalue weighted by Crippen LogP contribution is 1.89. The molecule has 3 heteroatoms. The molecule has 7 heavy (non-hydrogen) atoms. The highest BCUT2D eigenvalue weighted by Gasteiger charge is 1.78. The molecular formula is C4H10O2S. The first kappa shape index (κ1) is 7.27. The van der Waals surface area contributed by atoms with Gasteiger partial charge in [-0.15, -0.1) is 11.8 Å². The number of rotatable bonds is 4. The quantitative estimate of drug-likeness (QED) is 0.430. The lowest BCUT2D eigenvalue weighted by molar-refractivity contribution is 0.125. The highest BCUT2D eigenvalue weighted by molar-refractivity contribution is 7.98. The van der Waals surface area contributed by atoms with Crippen molar-refractivity contribution in [3.05, 3.63) is 0 Å². The minimum absolute atomic E-state index is 0.126. The Morgan fingerprint density at radius 2 is 2.43 bits per heavy atom. The van der Waals surface area contributed by atoms with Crippen molar-refractivity contribution in [2.45, 2.75) is 0 Å². The lowest BCUT2D eigenvalue weighted by Crippen LogP contribution is -1.96. The molecule has 0 aromatic heterocycles. The van der Waals surface area contributed by atoms with Crippen LogP contribution in [0.2, 0.25) is 0 Å². The molecule has 0 aromatic rings. The fraction of sp³-hybridized carbons (Fsp3) is 1.00. The largest absolute Gasteiger partial charge is 0.394 e. The number of aliphatic hydroxyl groups is 1. The van der Waals surface area contributed by atoms with Crippen LogP contribution in [0, 0.1) is 0 Å². The molecule has 0 aliphatic rings. The van der Waals surface area contributed by atoms with Gasteiger partial charge in [-0.1, -0.05) is 0 Å². The Bertz CT molecular complexity index is 28.9. The van der Waals surface area contributed by atoms with Gasteiger partial charge in [0.2, 0.25) is 0 Å². The Labute approximate surface area is 47.9 Å². The molecule has 0 bridgehead atoms. The summed E-state index contributed by atoms with van der Waals surface area (Å²) in [5.41, 5.74) is 0. The van der Waals surface area contributed by atoms with Crippen LogP contribution in [-0.2, 0) is 4.74 Å². The number of hydrogen-bond donors (Lipinski definition) is 1. The maximum atomic E-state index is 8.16. The Kier molecular flexibility index (Phi) is 6.51. The third-order valence-electron chi connectivity index (χ3n) is 0.437. The second-order valence-electron chi connectivity index (χ2n) is 1.04. The van der Waals surface area contributed by atoms with Crippen molar-refractivity contribution in [2.75, 3.05) is 25.4 Å². The summed E-state index contributed by atoms with van der Waals surface area (Å²) in [5, 5.41) is 8.16. The van der Waals surface area contributed by atoms with E-state index in [2.05, 4.69) is 0 Å². The maximum Gasteiger partial charge on any atom is 0.0919 e. The fourth-order valence-electron chi connectivity index (χ4n) is 0.207. The topological polar surface area (TPSA) is 29.5 Å². The zero-order chi connectivity index (χ0) is 5.54. The predicted octanol–water partition coefficient (Wildman–Crippen LogP) is 0.316. The zero-order valence-electron chi connectivity index (χ0n) is 4.39. The van der Waals surface area contributed by atoms with Crippen molar-refractivity contribution < 1.29 is 9.84 Å². The maximum absolute atomic E-state index is 8.16. The smallest absolute Gasteiger partial charge is 0.0919 e. The van der Waals surface area contributed by atoms with Crippen LogP contribution in [0.15, 0.2) is 0 Å². The summed E-state index contributed by atoms with van der Waals surface area (Å²) in [6.45, 7) is 0.585. The number of thioether (sulfide) groups is 1. The van der Waals surface area contributed by atoms with Crippen molar-refractivity contribution in [1.82, 2.24) is 0 Å². The van der Waals surface area contributed by atoms with Gasteiger partial charge in [0, 0.05) is 0 Å². The molecular weight excluding hydrogens is 112 g/mol. The van der Waals surface area contributed by atoms with Gasteiger partial charge in [0.05, 0.1) is 19.2 Å². The van der Waals surface area contributed by atoms with E-state index in [1.807, 2.05) is 6.26 Å². The molecule has 0 atom stereocenters. The van der Waals surface area contributed by atoms with Gasteiger partial charge in [-0.25, -0.2) is 0 Å². The summed E-state index contributed by atoms with van der Waals surface area (Å²) in [6, 6.07) is 0. The monoisotopic (exact) mass is 122 g/mol. The average molecular weight is 122 g/mol. The molecule has 0 fully saturated rings. The summed E-state index contributed by atoms with van der Waals surface area (Å²) in [4.78, 5) is 0. The van der Waals surface area contributed by atoms with E-state index in [0.717, 1.165) is 0 Å². The second kappa shape index (κ2) is 6.27. The molecule has 0 aliphatic carbocycles. The van der Waals surface area contributed by atoms with E-state index in [1.165, 1.54) is 0 Å². The molecule has 0 spiro atoms. The summed E-state index contributed by atoms with van der Waals surface area (Å²) >= 11 is 1.61. The normalized spacial score (nSPS) is 9.43. The summed E-state index contributed by atoms with van der Waals surface area (Å²) in [6.07, 6.45) is 1.96. The number of hydrogen-bond acceptors (Lipinski definition) is 3. The van der Waals surface area contributed by atoms with Crippen LogP contribution >= 0.6 is 11.8 Å². The van der Waals surface area contributed by atoms with Crippen LogP contribution < -0.4 is 0 Å². The van der Waals surface area contributed by atoms with E-state index in [0.29, 0.717) is 12.5 Å². The van der Waals surface area contributed by atoms with Crippen molar-refractivity contribution in [3.8, 4) is 0 Å². The van der Waals surface area contributed by atoms with E-state index in [1.54, 1.807) is 11.8 Å². The van der Waals surface area contributed by atoms with Crippen molar-refractivity contribution >= 4 is 11.8 Å². The molecule has 0 heterocycles. The summed E-state index contributed by atoms with van der Waals surface area (Å²) < 4.78 is 4.84. The third-order valence-corrected chi connectivity index (χ3v) is 0.839. The van der Waals surface area contributed by atoms with Gasteiger partial charge in [-0.3, -0.25) is 0 Å². The molecule has 0 rings (SSSR count). The predicted molar refractivity (Wildman–Crippen MR) is 31.4 cm³/mol. The van der Waals surface area contributed by atoms with Crippen molar-refractivity contribution in [3.63, 3.8) is 0 Å². The van der Waals surface area contributed by atoms with Crippen LogP contribution in [-0.4, -0.2) is 30.5 Å².